The Balaban J connectivity index is 1.21. The van der Waals surface area contributed by atoms with Crippen molar-refractivity contribution in [1.29, 1.82) is 0 Å². The Morgan fingerprint density at radius 1 is 1.00 bits per heavy atom. The third kappa shape index (κ3) is 3.92. The van der Waals surface area contributed by atoms with E-state index >= 15 is 0 Å². The number of hydrazine groups is 1. The highest BCUT2D eigenvalue weighted by atomic mass is 16.5. The maximum Gasteiger partial charge on any atom is 0.273 e. The largest absolute Gasteiger partial charge is 0.381 e. The first-order chi connectivity index (χ1) is 18.4. The number of imide groups is 1. The van der Waals surface area contributed by atoms with Crippen LogP contribution in [0.2, 0.25) is 0 Å². The molecule has 9 heteroatoms. The molecular weight excluding hydrogens is 482 g/mol. The summed E-state index contributed by atoms with van der Waals surface area (Å²) < 4.78 is 7.83. The molecule has 2 bridgehead atoms. The zero-order chi connectivity index (χ0) is 26.0. The molecule has 3 saturated heterocycles. The van der Waals surface area contributed by atoms with E-state index in [0.717, 1.165) is 65.7 Å². The molecule has 4 aliphatic rings. The molecule has 0 spiro atoms. The molecule has 9 nitrogen and oxygen atoms in total. The average molecular weight is 514 g/mol. The minimum atomic E-state index is -0.309. The van der Waals surface area contributed by atoms with Crippen LogP contribution in [-0.4, -0.2) is 68.5 Å². The predicted octanol–water partition coefficient (Wildman–Crippen LogP) is 3.12. The van der Waals surface area contributed by atoms with E-state index in [1.165, 1.54) is 17.0 Å². The average Bonchev–Trinajstić information content (AvgIpc) is 3.43. The van der Waals surface area contributed by atoms with E-state index in [2.05, 4.69) is 23.2 Å². The molecule has 38 heavy (non-hydrogen) atoms. The van der Waals surface area contributed by atoms with Gasteiger partial charge in [0.15, 0.2) is 0 Å². The van der Waals surface area contributed by atoms with E-state index in [1.807, 2.05) is 23.7 Å². The van der Waals surface area contributed by atoms with Crippen LogP contribution >= 0.6 is 0 Å². The number of ether oxygens (including phenoxy) is 1. The molecule has 0 N–H and O–H groups in total. The summed E-state index contributed by atoms with van der Waals surface area (Å²) in [5.74, 6) is 0.284. The van der Waals surface area contributed by atoms with Gasteiger partial charge in [-0.25, -0.2) is 9.99 Å². The zero-order valence-corrected chi connectivity index (χ0v) is 21.6. The number of hydrogen-bond donors (Lipinski definition) is 0. The molecule has 2 aromatic heterocycles. The van der Waals surface area contributed by atoms with Gasteiger partial charge < -0.3 is 9.30 Å². The Bertz CT molecular complexity index is 1450. The Labute approximate surface area is 220 Å². The summed E-state index contributed by atoms with van der Waals surface area (Å²) in [4.78, 5) is 45.6. The second kappa shape index (κ2) is 9.03. The number of amides is 3. The van der Waals surface area contributed by atoms with Gasteiger partial charge >= 0.3 is 0 Å². The number of rotatable bonds is 4. The molecule has 1 aromatic carbocycles. The van der Waals surface area contributed by atoms with Crippen LogP contribution in [0.1, 0.15) is 47.2 Å². The molecule has 7 rings (SSSR count). The highest BCUT2D eigenvalue weighted by Crippen LogP contribution is 2.34. The van der Waals surface area contributed by atoms with Crippen molar-refractivity contribution in [3.05, 3.63) is 53.2 Å². The zero-order valence-electron chi connectivity index (χ0n) is 21.6. The molecule has 6 heterocycles. The second-order valence-electron chi connectivity index (χ2n) is 11.2. The molecule has 0 saturated carbocycles. The smallest absolute Gasteiger partial charge is 0.273 e. The summed E-state index contributed by atoms with van der Waals surface area (Å²) >= 11 is 0. The fourth-order valence-corrected chi connectivity index (χ4v) is 6.65. The third-order valence-corrected chi connectivity index (χ3v) is 8.40. The standard InChI is InChI=1S/C29H31N5O4/c1-31-8-7-23-22(14-32-12-18-9-19(13-32)17-38-16-18)11-25(30-28(23)31)20-5-6-24-21(10-20)15-33(29(24)37)34-26(35)3-2-4-27(34)36/h5-8,10-11,18-19H,2-4,9,12-17H2,1H3. The molecule has 2 unspecified atom stereocenters. The van der Waals surface area contributed by atoms with E-state index < -0.39 is 0 Å². The fourth-order valence-electron chi connectivity index (χ4n) is 6.65. The lowest BCUT2D eigenvalue weighted by Crippen LogP contribution is -2.51. The van der Waals surface area contributed by atoms with Crippen molar-refractivity contribution >= 4 is 28.8 Å². The van der Waals surface area contributed by atoms with Gasteiger partial charge in [-0.05, 0) is 60.1 Å². The van der Waals surface area contributed by atoms with Crippen molar-refractivity contribution in [1.82, 2.24) is 24.5 Å². The molecule has 4 aliphatic heterocycles. The number of aryl methyl sites for hydroxylation is 1. The van der Waals surface area contributed by atoms with Gasteiger partial charge in [-0.2, -0.15) is 5.01 Å². The van der Waals surface area contributed by atoms with Gasteiger partial charge in [0.2, 0.25) is 11.8 Å². The van der Waals surface area contributed by atoms with Gasteiger partial charge in [0, 0.05) is 62.2 Å². The number of hydrogen-bond acceptors (Lipinski definition) is 6. The molecule has 3 amide bonds. The summed E-state index contributed by atoms with van der Waals surface area (Å²) in [5, 5.41) is 3.51. The summed E-state index contributed by atoms with van der Waals surface area (Å²) in [6, 6.07) is 10.0. The van der Waals surface area contributed by atoms with Gasteiger partial charge in [-0.15, -0.1) is 0 Å². The molecule has 0 radical (unpaired) electrons. The van der Waals surface area contributed by atoms with Crippen molar-refractivity contribution in [3.8, 4) is 11.3 Å². The van der Waals surface area contributed by atoms with Crippen LogP contribution in [0.25, 0.3) is 22.3 Å². The topological polar surface area (TPSA) is 88.0 Å². The van der Waals surface area contributed by atoms with Crippen LogP contribution in [0.5, 0.6) is 0 Å². The highest BCUT2D eigenvalue weighted by Gasteiger charge is 2.39. The number of carbonyl (C=O) groups is 3. The first-order valence-electron chi connectivity index (χ1n) is 13.5. The number of nitrogens with zero attached hydrogens (tertiary/aromatic N) is 5. The van der Waals surface area contributed by atoms with E-state index in [1.54, 1.807) is 6.07 Å². The number of pyridine rings is 1. The molecule has 3 aromatic rings. The number of piperidine rings is 2. The minimum Gasteiger partial charge on any atom is -0.381 e. The lowest BCUT2D eigenvalue weighted by atomic mass is 9.88. The Kier molecular flexibility index (Phi) is 5.59. The van der Waals surface area contributed by atoms with Crippen LogP contribution in [0.3, 0.4) is 0 Å². The van der Waals surface area contributed by atoms with Crippen LogP contribution in [0, 0.1) is 11.8 Å². The molecule has 196 valence electrons. The van der Waals surface area contributed by atoms with E-state index in [9.17, 15) is 14.4 Å². The van der Waals surface area contributed by atoms with Crippen LogP contribution in [-0.2, 0) is 34.5 Å². The molecule has 2 atom stereocenters. The first kappa shape index (κ1) is 23.5. The van der Waals surface area contributed by atoms with Gasteiger partial charge in [-0.3, -0.25) is 19.3 Å². The Morgan fingerprint density at radius 3 is 2.53 bits per heavy atom. The van der Waals surface area contributed by atoms with E-state index in [0.29, 0.717) is 23.8 Å². The summed E-state index contributed by atoms with van der Waals surface area (Å²) in [6.45, 7) is 4.88. The SMILES string of the molecule is Cn1ccc2c(CN3CC4COCC(C4)C3)cc(-c3ccc4c(c3)CN(N3C(=O)CCCC3=O)C4=O)nc21. The van der Waals surface area contributed by atoms with Gasteiger partial charge in [0.1, 0.15) is 5.65 Å². The highest BCUT2D eigenvalue weighted by molar-refractivity contribution is 6.04. The normalized spacial score (nSPS) is 24.0. The Morgan fingerprint density at radius 2 is 1.76 bits per heavy atom. The van der Waals surface area contributed by atoms with Crippen molar-refractivity contribution in [2.75, 3.05) is 26.3 Å². The van der Waals surface area contributed by atoms with Gasteiger partial charge in [-0.1, -0.05) is 6.07 Å². The second-order valence-corrected chi connectivity index (χ2v) is 11.2. The maximum absolute atomic E-state index is 13.1. The maximum atomic E-state index is 13.1. The van der Waals surface area contributed by atoms with Gasteiger partial charge in [0.25, 0.3) is 5.91 Å². The van der Waals surface area contributed by atoms with Crippen LogP contribution in [0.15, 0.2) is 36.5 Å². The quantitative estimate of drug-likeness (QED) is 0.498. The number of likely N-dealkylation sites (tertiary alicyclic amines) is 1. The van der Waals surface area contributed by atoms with Gasteiger partial charge in [0.05, 0.1) is 25.5 Å². The predicted molar refractivity (Wildman–Crippen MR) is 139 cm³/mol. The van der Waals surface area contributed by atoms with Crippen LogP contribution in [0.4, 0.5) is 0 Å². The lowest BCUT2D eigenvalue weighted by Gasteiger charge is -2.41. The lowest BCUT2D eigenvalue weighted by molar-refractivity contribution is -0.163. The van der Waals surface area contributed by atoms with Crippen molar-refractivity contribution in [3.63, 3.8) is 0 Å². The number of fused-ring (bicyclic) bond motifs is 4. The molecular formula is C29H31N5O4. The summed E-state index contributed by atoms with van der Waals surface area (Å²) in [6.07, 6.45) is 4.42. The summed E-state index contributed by atoms with van der Waals surface area (Å²) in [7, 11) is 2.01. The van der Waals surface area contributed by atoms with E-state index in [4.69, 9.17) is 9.72 Å². The monoisotopic (exact) mass is 513 g/mol. The van der Waals surface area contributed by atoms with Crippen molar-refractivity contribution in [2.24, 2.45) is 18.9 Å². The van der Waals surface area contributed by atoms with Crippen LogP contribution < -0.4 is 0 Å². The van der Waals surface area contributed by atoms with Crippen molar-refractivity contribution < 1.29 is 19.1 Å². The minimum absolute atomic E-state index is 0.206. The Hall–Kier alpha value is -3.56. The third-order valence-electron chi connectivity index (χ3n) is 8.40. The molecule has 3 fully saturated rings. The number of benzene rings is 1. The van der Waals surface area contributed by atoms with Crippen molar-refractivity contribution in [2.45, 2.75) is 38.8 Å². The fraction of sp³-hybridized carbons (Fsp3) is 0.448. The molecule has 0 aliphatic carbocycles. The summed E-state index contributed by atoms with van der Waals surface area (Å²) in [5.41, 5.74) is 5.28. The number of aromatic nitrogens is 2. The number of carbonyl (C=O) groups excluding carboxylic acids is 3. The first-order valence-corrected chi connectivity index (χ1v) is 13.5. The van der Waals surface area contributed by atoms with E-state index in [-0.39, 0.29) is 37.1 Å².